The molecule has 0 radical (unpaired) electrons. The molecule has 0 bridgehead atoms. The summed E-state index contributed by atoms with van der Waals surface area (Å²) >= 11 is 0. The van der Waals surface area contributed by atoms with Gasteiger partial charge in [-0.2, -0.15) is 0 Å². The first-order chi connectivity index (χ1) is 7.70. The van der Waals surface area contributed by atoms with Gasteiger partial charge >= 0.3 is 0 Å². The van der Waals surface area contributed by atoms with Crippen molar-refractivity contribution in [1.29, 1.82) is 0 Å². The molecule has 90 valence electrons. The summed E-state index contributed by atoms with van der Waals surface area (Å²) in [6, 6.07) is 5.20. The predicted octanol–water partition coefficient (Wildman–Crippen LogP) is 1.53. The number of methoxy groups -OCH3 is 1. The number of nitrogens with two attached hydrogens (primary N) is 2. The molecule has 5 N–H and O–H groups in total. The van der Waals surface area contributed by atoms with Crippen LogP contribution in [-0.2, 0) is 0 Å². The van der Waals surface area contributed by atoms with Crippen LogP contribution in [0.5, 0.6) is 11.5 Å². The monoisotopic (exact) mass is 224 g/mol. The zero-order valence-corrected chi connectivity index (χ0v) is 9.65. The number of unbranched alkanes of at least 4 members (excludes halogenated alkanes) is 1. The minimum atomic E-state index is -0.165. The fourth-order valence-electron chi connectivity index (χ4n) is 1.67. The maximum atomic E-state index is 9.89. The van der Waals surface area contributed by atoms with Crippen LogP contribution in [0.2, 0.25) is 0 Å². The Morgan fingerprint density at radius 3 is 2.75 bits per heavy atom. The summed E-state index contributed by atoms with van der Waals surface area (Å²) in [5.41, 5.74) is 12.2. The average molecular weight is 224 g/mol. The number of phenolic OH excluding ortho intramolecular Hbond substituents is 1. The number of ether oxygens (including phenoxy) is 1. The van der Waals surface area contributed by atoms with Gasteiger partial charge in [0.1, 0.15) is 0 Å². The Morgan fingerprint density at radius 1 is 1.38 bits per heavy atom. The van der Waals surface area contributed by atoms with E-state index >= 15 is 0 Å². The first-order valence-corrected chi connectivity index (χ1v) is 5.52. The standard InChI is InChI=1S/C12H20N2O2/c1-16-11-7-4-5-9(12(11)15)10(14)6-2-3-8-13/h4-5,7,10,15H,2-3,6,8,13-14H2,1H3/t10-/m1/s1. The molecular weight excluding hydrogens is 204 g/mol. The Kier molecular flexibility index (Phi) is 5.08. The lowest BCUT2D eigenvalue weighted by Gasteiger charge is -2.15. The zero-order valence-electron chi connectivity index (χ0n) is 9.65. The molecule has 0 saturated heterocycles. The quantitative estimate of drug-likeness (QED) is 0.640. The van der Waals surface area contributed by atoms with E-state index < -0.39 is 0 Å². The molecule has 1 aromatic rings. The van der Waals surface area contributed by atoms with Gasteiger partial charge in [0.25, 0.3) is 0 Å². The third kappa shape index (κ3) is 3.12. The molecule has 0 unspecified atom stereocenters. The van der Waals surface area contributed by atoms with Crippen LogP contribution in [0, 0.1) is 0 Å². The summed E-state index contributed by atoms with van der Waals surface area (Å²) in [5.74, 6) is 0.608. The number of para-hydroxylation sites is 1. The van der Waals surface area contributed by atoms with Crippen molar-refractivity contribution in [1.82, 2.24) is 0 Å². The van der Waals surface area contributed by atoms with Crippen LogP contribution >= 0.6 is 0 Å². The number of phenols is 1. The van der Waals surface area contributed by atoms with E-state index in [0.29, 0.717) is 12.3 Å². The van der Waals surface area contributed by atoms with Crippen molar-refractivity contribution >= 4 is 0 Å². The normalized spacial score (nSPS) is 12.4. The number of benzene rings is 1. The van der Waals surface area contributed by atoms with E-state index in [9.17, 15) is 5.11 Å². The minimum absolute atomic E-state index is 0.144. The Morgan fingerprint density at radius 2 is 2.12 bits per heavy atom. The largest absolute Gasteiger partial charge is 0.504 e. The predicted molar refractivity (Wildman–Crippen MR) is 64.5 cm³/mol. The van der Waals surface area contributed by atoms with Crippen molar-refractivity contribution in [3.63, 3.8) is 0 Å². The van der Waals surface area contributed by atoms with Crippen LogP contribution in [0.4, 0.5) is 0 Å². The molecule has 1 atom stereocenters. The Hall–Kier alpha value is -1.26. The topological polar surface area (TPSA) is 81.5 Å². The Labute approximate surface area is 96.2 Å². The highest BCUT2D eigenvalue weighted by molar-refractivity contribution is 5.46. The van der Waals surface area contributed by atoms with Crippen LogP contribution < -0.4 is 16.2 Å². The minimum Gasteiger partial charge on any atom is -0.504 e. The molecule has 0 amide bonds. The third-order valence-electron chi connectivity index (χ3n) is 2.62. The molecular formula is C12H20N2O2. The molecule has 16 heavy (non-hydrogen) atoms. The molecule has 1 rings (SSSR count). The average Bonchev–Trinajstić information content (AvgIpc) is 2.29. The van der Waals surface area contributed by atoms with Crippen molar-refractivity contribution < 1.29 is 9.84 Å². The van der Waals surface area contributed by atoms with Crippen molar-refractivity contribution in [3.8, 4) is 11.5 Å². The van der Waals surface area contributed by atoms with Gasteiger partial charge in [-0.05, 0) is 25.5 Å². The van der Waals surface area contributed by atoms with Gasteiger partial charge < -0.3 is 21.3 Å². The van der Waals surface area contributed by atoms with E-state index in [-0.39, 0.29) is 11.8 Å². The van der Waals surface area contributed by atoms with E-state index in [1.165, 1.54) is 7.11 Å². The number of rotatable bonds is 6. The van der Waals surface area contributed by atoms with Gasteiger partial charge in [-0.3, -0.25) is 0 Å². The van der Waals surface area contributed by atoms with Crippen molar-refractivity contribution in [2.45, 2.75) is 25.3 Å². The smallest absolute Gasteiger partial charge is 0.162 e. The van der Waals surface area contributed by atoms with Gasteiger partial charge in [-0.25, -0.2) is 0 Å². The van der Waals surface area contributed by atoms with Crippen LogP contribution in [0.25, 0.3) is 0 Å². The van der Waals surface area contributed by atoms with Crippen molar-refractivity contribution in [2.24, 2.45) is 11.5 Å². The second-order valence-corrected chi connectivity index (χ2v) is 3.79. The molecule has 0 aliphatic rings. The fourth-order valence-corrected chi connectivity index (χ4v) is 1.67. The summed E-state index contributed by atoms with van der Waals surface area (Å²) in [6.45, 7) is 0.677. The maximum Gasteiger partial charge on any atom is 0.162 e. The van der Waals surface area contributed by atoms with E-state index in [1.807, 2.05) is 12.1 Å². The van der Waals surface area contributed by atoms with Crippen LogP contribution in [0.15, 0.2) is 18.2 Å². The van der Waals surface area contributed by atoms with E-state index in [4.69, 9.17) is 16.2 Å². The number of aromatic hydroxyl groups is 1. The SMILES string of the molecule is COc1cccc([C@H](N)CCCCN)c1O. The molecule has 0 fully saturated rings. The van der Waals surface area contributed by atoms with Crippen molar-refractivity contribution in [2.75, 3.05) is 13.7 Å². The van der Waals surface area contributed by atoms with Crippen LogP contribution in [0.1, 0.15) is 30.9 Å². The summed E-state index contributed by atoms with van der Waals surface area (Å²) in [7, 11) is 1.53. The molecule has 0 aliphatic heterocycles. The fraction of sp³-hybridized carbons (Fsp3) is 0.500. The lowest BCUT2D eigenvalue weighted by atomic mass is 10.0. The molecule has 0 aromatic heterocycles. The lowest BCUT2D eigenvalue weighted by molar-refractivity contribution is 0.367. The lowest BCUT2D eigenvalue weighted by Crippen LogP contribution is -2.11. The number of hydrogen-bond acceptors (Lipinski definition) is 4. The van der Waals surface area contributed by atoms with Gasteiger partial charge in [0.15, 0.2) is 11.5 Å². The summed E-state index contributed by atoms with van der Waals surface area (Å²) in [6.07, 6.45) is 2.74. The summed E-state index contributed by atoms with van der Waals surface area (Å²) in [4.78, 5) is 0. The number of hydrogen-bond donors (Lipinski definition) is 3. The third-order valence-corrected chi connectivity index (χ3v) is 2.62. The zero-order chi connectivity index (χ0) is 12.0. The second kappa shape index (κ2) is 6.35. The highest BCUT2D eigenvalue weighted by Gasteiger charge is 2.13. The van der Waals surface area contributed by atoms with Gasteiger partial charge in [0, 0.05) is 11.6 Å². The van der Waals surface area contributed by atoms with E-state index in [1.54, 1.807) is 6.07 Å². The summed E-state index contributed by atoms with van der Waals surface area (Å²) < 4.78 is 5.04. The maximum absolute atomic E-state index is 9.89. The van der Waals surface area contributed by atoms with Crippen molar-refractivity contribution in [3.05, 3.63) is 23.8 Å². The second-order valence-electron chi connectivity index (χ2n) is 3.79. The molecule has 0 aliphatic carbocycles. The Bertz CT molecular complexity index is 329. The molecule has 0 saturated carbocycles. The molecule has 4 nitrogen and oxygen atoms in total. The highest BCUT2D eigenvalue weighted by Crippen LogP contribution is 2.33. The van der Waals surface area contributed by atoms with Gasteiger partial charge in [-0.1, -0.05) is 18.6 Å². The molecule has 0 heterocycles. The molecule has 4 heteroatoms. The first-order valence-electron chi connectivity index (χ1n) is 5.52. The van der Waals surface area contributed by atoms with Gasteiger partial charge in [0.2, 0.25) is 0 Å². The van der Waals surface area contributed by atoms with E-state index in [0.717, 1.165) is 24.8 Å². The summed E-state index contributed by atoms with van der Waals surface area (Å²) in [5, 5.41) is 9.89. The van der Waals surface area contributed by atoms with Gasteiger partial charge in [-0.15, -0.1) is 0 Å². The first kappa shape index (κ1) is 12.8. The highest BCUT2D eigenvalue weighted by atomic mass is 16.5. The van der Waals surface area contributed by atoms with E-state index in [2.05, 4.69) is 0 Å². The molecule has 0 spiro atoms. The van der Waals surface area contributed by atoms with Crippen LogP contribution in [0.3, 0.4) is 0 Å². The molecule has 1 aromatic carbocycles. The Balaban J connectivity index is 2.71. The van der Waals surface area contributed by atoms with Crippen LogP contribution in [-0.4, -0.2) is 18.8 Å². The van der Waals surface area contributed by atoms with Gasteiger partial charge in [0.05, 0.1) is 7.11 Å².